The van der Waals surface area contributed by atoms with Crippen molar-refractivity contribution < 1.29 is 13.9 Å². The van der Waals surface area contributed by atoms with Crippen LogP contribution >= 0.6 is 0 Å². The van der Waals surface area contributed by atoms with Gasteiger partial charge in [-0.05, 0) is 20.8 Å². The van der Waals surface area contributed by atoms with Gasteiger partial charge in [-0.1, -0.05) is 0 Å². The molecule has 0 unspecified atom stereocenters. The molecule has 0 bridgehead atoms. The quantitative estimate of drug-likeness (QED) is 0.837. The van der Waals surface area contributed by atoms with Gasteiger partial charge in [0, 0.05) is 50.7 Å². The van der Waals surface area contributed by atoms with E-state index in [9.17, 15) is 9.18 Å². The van der Waals surface area contributed by atoms with Crippen LogP contribution in [0.1, 0.15) is 48.6 Å². The van der Waals surface area contributed by atoms with E-state index >= 15 is 0 Å². The number of hydrogen-bond donors (Lipinski definition) is 0. The lowest BCUT2D eigenvalue weighted by Crippen LogP contribution is -2.67. The third-order valence-corrected chi connectivity index (χ3v) is 5.43. The van der Waals surface area contributed by atoms with Gasteiger partial charge in [-0.25, -0.2) is 4.39 Å². The molecule has 0 saturated carbocycles. The largest absolute Gasteiger partial charge is 0.369 e. The Morgan fingerprint density at radius 2 is 2.00 bits per heavy atom. The van der Waals surface area contributed by atoms with Gasteiger partial charge in [-0.3, -0.25) is 14.4 Å². The van der Waals surface area contributed by atoms with Crippen molar-refractivity contribution in [3.63, 3.8) is 0 Å². The monoisotopic (exact) mass is 336 g/mol. The molecule has 1 aromatic heterocycles. The lowest BCUT2D eigenvalue weighted by atomic mass is 9.97. The van der Waals surface area contributed by atoms with Gasteiger partial charge < -0.3 is 9.64 Å². The smallest absolute Gasteiger partial charge is 0.272 e. The number of halogens is 1. The van der Waals surface area contributed by atoms with E-state index in [-0.39, 0.29) is 18.1 Å². The van der Waals surface area contributed by atoms with E-state index in [2.05, 4.69) is 10.00 Å². The summed E-state index contributed by atoms with van der Waals surface area (Å²) in [7, 11) is 0. The third kappa shape index (κ3) is 2.45. The van der Waals surface area contributed by atoms with Gasteiger partial charge in [0.05, 0.1) is 17.9 Å². The summed E-state index contributed by atoms with van der Waals surface area (Å²) in [6, 6.07) is 0.316. The molecule has 2 saturated heterocycles. The summed E-state index contributed by atoms with van der Waals surface area (Å²) in [6.07, 6.45) is 0.0644. The molecular weight excluding hydrogens is 311 g/mol. The molecule has 4 rings (SSSR count). The van der Waals surface area contributed by atoms with Crippen LogP contribution in [-0.4, -0.2) is 70.0 Å². The summed E-state index contributed by atoms with van der Waals surface area (Å²) in [5, 5.41) is 4.62. The fraction of sp³-hybridized carbons (Fsp3) is 0.765. The second-order valence-corrected chi connectivity index (χ2v) is 7.24. The number of alkyl halides is 1. The molecule has 3 aliphatic heterocycles. The first-order valence-corrected chi connectivity index (χ1v) is 8.90. The van der Waals surface area contributed by atoms with Gasteiger partial charge in [0.15, 0.2) is 0 Å². The number of carbonyl (C=O) groups excluding carboxylic acids is 1. The summed E-state index contributed by atoms with van der Waals surface area (Å²) in [5.74, 6) is 0.0560. The van der Waals surface area contributed by atoms with E-state index in [4.69, 9.17) is 4.74 Å². The van der Waals surface area contributed by atoms with Crippen molar-refractivity contribution in [2.45, 2.75) is 58.2 Å². The minimum absolute atomic E-state index is 0.0560. The average molecular weight is 336 g/mol. The molecule has 2 atom stereocenters. The molecule has 2 fully saturated rings. The Morgan fingerprint density at radius 1 is 1.29 bits per heavy atom. The summed E-state index contributed by atoms with van der Waals surface area (Å²) >= 11 is 0. The zero-order valence-corrected chi connectivity index (χ0v) is 14.5. The average Bonchev–Trinajstić information content (AvgIpc) is 2.82. The second-order valence-electron chi connectivity index (χ2n) is 7.24. The lowest BCUT2D eigenvalue weighted by molar-refractivity contribution is -0.0329. The molecule has 0 N–H and O–H groups in total. The Hall–Kier alpha value is -1.47. The van der Waals surface area contributed by atoms with E-state index in [1.54, 1.807) is 0 Å². The Kier molecular flexibility index (Phi) is 3.88. The number of carbonyl (C=O) groups is 1. The number of nitrogens with zero attached hydrogens (tertiary/aromatic N) is 4. The van der Waals surface area contributed by atoms with Crippen molar-refractivity contribution in [1.29, 1.82) is 0 Å². The summed E-state index contributed by atoms with van der Waals surface area (Å²) in [6.45, 7) is 9.11. The van der Waals surface area contributed by atoms with Crippen LogP contribution in [0.15, 0.2) is 0 Å². The van der Waals surface area contributed by atoms with Crippen molar-refractivity contribution in [2.75, 3.05) is 26.2 Å². The van der Waals surface area contributed by atoms with Gasteiger partial charge in [0.1, 0.15) is 11.9 Å². The Morgan fingerprint density at radius 3 is 2.62 bits per heavy atom. The van der Waals surface area contributed by atoms with Crippen molar-refractivity contribution in [1.82, 2.24) is 19.6 Å². The Labute approximate surface area is 141 Å². The van der Waals surface area contributed by atoms with Gasteiger partial charge in [0.25, 0.3) is 5.91 Å². The topological polar surface area (TPSA) is 50.6 Å². The Bertz CT molecular complexity index is 649. The van der Waals surface area contributed by atoms with E-state index < -0.39 is 6.17 Å². The number of aromatic nitrogens is 2. The summed E-state index contributed by atoms with van der Waals surface area (Å²) in [4.78, 5) is 17.0. The van der Waals surface area contributed by atoms with Crippen LogP contribution in [0.3, 0.4) is 0 Å². The number of ether oxygens (including phenoxy) is 1. The number of rotatable bonds is 3. The molecule has 132 valence electrons. The molecule has 24 heavy (non-hydrogen) atoms. The first-order valence-electron chi connectivity index (χ1n) is 8.90. The summed E-state index contributed by atoms with van der Waals surface area (Å²) in [5.41, 5.74) is 2.67. The highest BCUT2D eigenvalue weighted by Crippen LogP contribution is 2.33. The highest BCUT2D eigenvalue weighted by Gasteiger charge is 2.42. The first-order chi connectivity index (χ1) is 11.5. The highest BCUT2D eigenvalue weighted by molar-refractivity contribution is 5.95. The van der Waals surface area contributed by atoms with Gasteiger partial charge >= 0.3 is 0 Å². The minimum atomic E-state index is -0.689. The molecule has 0 radical (unpaired) electrons. The minimum Gasteiger partial charge on any atom is -0.369 e. The van der Waals surface area contributed by atoms with E-state index in [0.717, 1.165) is 23.4 Å². The maximum Gasteiger partial charge on any atom is 0.272 e. The molecule has 1 amide bonds. The molecule has 1 aromatic rings. The SMILES string of the molecule is CCn1nc2c(c1C(=O)N1CC(N3CC(F)C3)C1)C[C@H](C)O[C@@H]2C. The van der Waals surface area contributed by atoms with Crippen LogP contribution in [0, 0.1) is 0 Å². The number of likely N-dealkylation sites (tertiary alicyclic amines) is 2. The van der Waals surface area contributed by atoms with Crippen LogP contribution in [0.5, 0.6) is 0 Å². The van der Waals surface area contributed by atoms with Crippen LogP contribution < -0.4 is 0 Å². The number of hydrogen-bond acceptors (Lipinski definition) is 4. The number of fused-ring (bicyclic) bond motifs is 1. The van der Waals surface area contributed by atoms with Crippen molar-refractivity contribution in [3.05, 3.63) is 17.0 Å². The first kappa shape index (κ1) is 16.0. The third-order valence-electron chi connectivity index (χ3n) is 5.43. The second kappa shape index (κ2) is 5.81. The predicted octanol–water partition coefficient (Wildman–Crippen LogP) is 1.40. The molecule has 7 heteroatoms. The molecule has 4 heterocycles. The van der Waals surface area contributed by atoms with E-state index in [1.807, 2.05) is 30.4 Å². The van der Waals surface area contributed by atoms with Crippen LogP contribution in [0.2, 0.25) is 0 Å². The summed E-state index contributed by atoms with van der Waals surface area (Å²) < 4.78 is 20.6. The highest BCUT2D eigenvalue weighted by atomic mass is 19.1. The molecule has 0 aliphatic carbocycles. The van der Waals surface area contributed by atoms with Gasteiger partial charge in [0.2, 0.25) is 0 Å². The normalized spacial score (nSPS) is 28.4. The zero-order valence-electron chi connectivity index (χ0n) is 14.5. The van der Waals surface area contributed by atoms with E-state index in [0.29, 0.717) is 38.8 Å². The molecule has 0 aromatic carbocycles. The molecular formula is C17H25FN4O2. The standard InChI is InChI=1S/C17H25FN4O2/c1-4-22-16(14-5-10(2)24-11(3)15(14)19-22)17(23)21-8-13(9-21)20-6-12(18)7-20/h10-13H,4-9H2,1-3H3/t10-,11+/m0/s1. The maximum atomic E-state index is 13.0. The predicted molar refractivity (Wildman–Crippen MR) is 86.7 cm³/mol. The molecule has 0 spiro atoms. The van der Waals surface area contributed by atoms with Crippen molar-refractivity contribution >= 4 is 5.91 Å². The molecule has 3 aliphatic rings. The van der Waals surface area contributed by atoms with Gasteiger partial charge in [-0.15, -0.1) is 0 Å². The number of amides is 1. The van der Waals surface area contributed by atoms with Crippen molar-refractivity contribution in [3.8, 4) is 0 Å². The number of aryl methyl sites for hydroxylation is 1. The molecule has 6 nitrogen and oxygen atoms in total. The maximum absolute atomic E-state index is 13.0. The zero-order chi connectivity index (χ0) is 17.0. The van der Waals surface area contributed by atoms with E-state index in [1.165, 1.54) is 0 Å². The lowest BCUT2D eigenvalue weighted by Gasteiger charge is -2.50. The fourth-order valence-electron chi connectivity index (χ4n) is 4.02. The van der Waals surface area contributed by atoms with Gasteiger partial charge in [-0.2, -0.15) is 5.10 Å². The van der Waals surface area contributed by atoms with Crippen LogP contribution in [0.4, 0.5) is 4.39 Å². The fourth-order valence-corrected chi connectivity index (χ4v) is 4.02. The van der Waals surface area contributed by atoms with Crippen LogP contribution in [-0.2, 0) is 17.7 Å². The Balaban J connectivity index is 1.53. The van der Waals surface area contributed by atoms with Crippen LogP contribution in [0.25, 0.3) is 0 Å². The van der Waals surface area contributed by atoms with Crippen molar-refractivity contribution in [2.24, 2.45) is 0 Å².